The molecule has 1 amide bonds. The van der Waals surface area contributed by atoms with Gasteiger partial charge in [-0.2, -0.15) is 0 Å². The van der Waals surface area contributed by atoms with Crippen LogP contribution in [0.3, 0.4) is 0 Å². The summed E-state index contributed by atoms with van der Waals surface area (Å²) in [5.74, 6) is 1.83. The quantitative estimate of drug-likeness (QED) is 0.700. The third kappa shape index (κ3) is 5.25. The lowest BCUT2D eigenvalue weighted by Crippen LogP contribution is -2.40. The Morgan fingerprint density at radius 1 is 1.03 bits per heavy atom. The van der Waals surface area contributed by atoms with Gasteiger partial charge >= 0.3 is 0 Å². The Hall–Kier alpha value is -2.27. The summed E-state index contributed by atoms with van der Waals surface area (Å²) in [6.07, 6.45) is 11.2. The van der Waals surface area contributed by atoms with Gasteiger partial charge in [-0.25, -0.2) is 9.97 Å². The monoisotopic (exact) mass is 406 g/mol. The Bertz CT molecular complexity index is 808. The molecule has 2 aromatic rings. The van der Waals surface area contributed by atoms with Crippen LogP contribution in [0.1, 0.15) is 56.0 Å². The first kappa shape index (κ1) is 21.0. The number of fused-ring (bicyclic) bond motifs is 1. The zero-order chi connectivity index (χ0) is 20.8. The molecule has 5 heteroatoms. The zero-order valence-electron chi connectivity index (χ0n) is 18.2. The molecule has 0 N–H and O–H groups in total. The lowest BCUT2D eigenvalue weighted by Gasteiger charge is -2.29. The predicted octanol–water partition coefficient (Wildman–Crippen LogP) is 3.87. The maximum atomic E-state index is 12.9. The van der Waals surface area contributed by atoms with Crippen LogP contribution in [-0.2, 0) is 24.2 Å². The first-order valence-electron chi connectivity index (χ1n) is 11.6. The number of benzene rings is 1. The maximum absolute atomic E-state index is 12.9. The van der Waals surface area contributed by atoms with Crippen molar-refractivity contribution in [2.24, 2.45) is 5.92 Å². The highest BCUT2D eigenvalue weighted by molar-refractivity contribution is 5.76. The van der Waals surface area contributed by atoms with Crippen LogP contribution in [0, 0.1) is 5.92 Å². The van der Waals surface area contributed by atoms with Crippen LogP contribution in [0.15, 0.2) is 42.7 Å². The van der Waals surface area contributed by atoms with Gasteiger partial charge in [-0.15, -0.1) is 0 Å². The molecule has 0 unspecified atom stereocenters. The average Bonchev–Trinajstić information content (AvgIpc) is 3.12. The van der Waals surface area contributed by atoms with Crippen LogP contribution >= 0.6 is 0 Å². The molecule has 2 aliphatic heterocycles. The van der Waals surface area contributed by atoms with Gasteiger partial charge in [0.15, 0.2) is 0 Å². The van der Waals surface area contributed by atoms with Gasteiger partial charge in [0.1, 0.15) is 5.82 Å². The third-order valence-corrected chi connectivity index (χ3v) is 6.59. The van der Waals surface area contributed by atoms with Crippen molar-refractivity contribution in [2.45, 2.75) is 64.5 Å². The second kappa shape index (κ2) is 10.2. The number of aryl methyl sites for hydroxylation is 2. The lowest BCUT2D eigenvalue weighted by atomic mass is 9.98. The van der Waals surface area contributed by atoms with E-state index in [1.165, 1.54) is 30.4 Å². The molecule has 4 rings (SSSR count). The van der Waals surface area contributed by atoms with Crippen molar-refractivity contribution in [1.29, 1.82) is 0 Å². The molecule has 0 spiro atoms. The smallest absolute Gasteiger partial charge is 0.222 e. The molecule has 2 fully saturated rings. The summed E-state index contributed by atoms with van der Waals surface area (Å²) in [5, 5.41) is 0. The summed E-state index contributed by atoms with van der Waals surface area (Å²) in [5.41, 5.74) is 2.43. The van der Waals surface area contributed by atoms with Gasteiger partial charge in [-0.3, -0.25) is 9.69 Å². The van der Waals surface area contributed by atoms with E-state index in [4.69, 9.17) is 0 Å². The number of likely N-dealkylation sites (tertiary alicyclic amines) is 2. The zero-order valence-corrected chi connectivity index (χ0v) is 18.2. The standard InChI is InChI=1S/C25H34N4O/c1-2-8-24-26-15-21(16-27-24)17-28-14-7-6-11-22-18-29(19-23(22)28)25(30)13-12-20-9-4-3-5-10-20/h3-5,9-10,15-16,22-23H,2,6-8,11-14,17-19H2,1H3/t22-,23+/m0/s1. The Kier molecular flexibility index (Phi) is 7.11. The Morgan fingerprint density at radius 3 is 2.60 bits per heavy atom. The summed E-state index contributed by atoms with van der Waals surface area (Å²) < 4.78 is 0. The van der Waals surface area contributed by atoms with Crippen LogP contribution in [0.5, 0.6) is 0 Å². The topological polar surface area (TPSA) is 49.3 Å². The largest absolute Gasteiger partial charge is 0.341 e. The van der Waals surface area contributed by atoms with Crippen molar-refractivity contribution < 1.29 is 4.79 Å². The number of nitrogens with zero attached hydrogens (tertiary/aromatic N) is 4. The highest BCUT2D eigenvalue weighted by Gasteiger charge is 2.39. The molecule has 0 saturated carbocycles. The second-order valence-corrected chi connectivity index (χ2v) is 8.84. The fraction of sp³-hybridized carbons (Fsp3) is 0.560. The third-order valence-electron chi connectivity index (χ3n) is 6.59. The van der Waals surface area contributed by atoms with Crippen molar-refractivity contribution in [3.63, 3.8) is 0 Å². The Balaban J connectivity index is 1.36. The fourth-order valence-electron chi connectivity index (χ4n) is 4.94. The lowest BCUT2D eigenvalue weighted by molar-refractivity contribution is -0.130. The molecule has 0 aliphatic carbocycles. The number of hydrogen-bond donors (Lipinski definition) is 0. The van der Waals surface area contributed by atoms with E-state index < -0.39 is 0 Å². The number of hydrogen-bond acceptors (Lipinski definition) is 4. The number of carbonyl (C=O) groups is 1. The molecule has 160 valence electrons. The van der Waals surface area contributed by atoms with E-state index in [0.717, 1.165) is 51.3 Å². The van der Waals surface area contributed by atoms with Crippen LogP contribution in [-0.4, -0.2) is 51.4 Å². The molecule has 1 aromatic heterocycles. The summed E-state index contributed by atoms with van der Waals surface area (Å²) in [7, 11) is 0. The molecular formula is C25H34N4O. The average molecular weight is 407 g/mol. The minimum Gasteiger partial charge on any atom is -0.341 e. The molecule has 1 aromatic carbocycles. The minimum absolute atomic E-state index is 0.305. The molecule has 2 aliphatic rings. The van der Waals surface area contributed by atoms with E-state index in [0.29, 0.717) is 24.3 Å². The van der Waals surface area contributed by atoms with E-state index in [2.05, 4.69) is 38.8 Å². The van der Waals surface area contributed by atoms with Crippen molar-refractivity contribution in [1.82, 2.24) is 19.8 Å². The van der Waals surface area contributed by atoms with Crippen LogP contribution in [0.2, 0.25) is 0 Å². The van der Waals surface area contributed by atoms with Crippen molar-refractivity contribution >= 4 is 5.91 Å². The number of rotatable bonds is 7. The molecule has 0 bridgehead atoms. The molecule has 5 nitrogen and oxygen atoms in total. The SMILES string of the molecule is CCCc1ncc(CN2CCCC[C@H]3CN(C(=O)CCc4ccccc4)C[C@H]32)cn1. The molecule has 2 saturated heterocycles. The van der Waals surface area contributed by atoms with E-state index >= 15 is 0 Å². The highest BCUT2D eigenvalue weighted by atomic mass is 16.2. The van der Waals surface area contributed by atoms with E-state index in [1.807, 2.05) is 30.6 Å². The normalized spacial score (nSPS) is 22.0. The number of amides is 1. The Morgan fingerprint density at radius 2 is 1.83 bits per heavy atom. The first-order chi connectivity index (χ1) is 14.7. The summed E-state index contributed by atoms with van der Waals surface area (Å²) in [6, 6.07) is 10.8. The second-order valence-electron chi connectivity index (χ2n) is 8.84. The van der Waals surface area contributed by atoms with E-state index in [9.17, 15) is 4.79 Å². The van der Waals surface area contributed by atoms with E-state index in [-0.39, 0.29) is 0 Å². The van der Waals surface area contributed by atoms with Gasteiger partial charge in [-0.05, 0) is 43.7 Å². The van der Waals surface area contributed by atoms with Gasteiger partial charge < -0.3 is 4.90 Å². The maximum Gasteiger partial charge on any atom is 0.222 e. The molecule has 2 atom stereocenters. The molecular weight excluding hydrogens is 372 g/mol. The van der Waals surface area contributed by atoms with Crippen LogP contribution in [0.4, 0.5) is 0 Å². The number of carbonyl (C=O) groups excluding carboxylic acids is 1. The molecule has 3 heterocycles. The first-order valence-corrected chi connectivity index (χ1v) is 11.6. The van der Waals surface area contributed by atoms with Gasteiger partial charge in [0, 0.05) is 56.5 Å². The van der Waals surface area contributed by atoms with Crippen LogP contribution in [0.25, 0.3) is 0 Å². The highest BCUT2D eigenvalue weighted by Crippen LogP contribution is 2.31. The Labute approximate surface area is 180 Å². The van der Waals surface area contributed by atoms with Crippen LogP contribution < -0.4 is 0 Å². The van der Waals surface area contributed by atoms with Gasteiger partial charge in [0.25, 0.3) is 0 Å². The summed E-state index contributed by atoms with van der Waals surface area (Å²) in [4.78, 5) is 26.7. The van der Waals surface area contributed by atoms with Gasteiger partial charge in [0.05, 0.1) is 0 Å². The molecule has 0 radical (unpaired) electrons. The minimum atomic E-state index is 0.305. The summed E-state index contributed by atoms with van der Waals surface area (Å²) in [6.45, 7) is 5.93. The van der Waals surface area contributed by atoms with E-state index in [1.54, 1.807) is 0 Å². The number of aromatic nitrogens is 2. The summed E-state index contributed by atoms with van der Waals surface area (Å²) >= 11 is 0. The van der Waals surface area contributed by atoms with Crippen molar-refractivity contribution in [2.75, 3.05) is 19.6 Å². The van der Waals surface area contributed by atoms with Gasteiger partial charge in [-0.1, -0.05) is 43.7 Å². The fourth-order valence-corrected chi connectivity index (χ4v) is 4.94. The predicted molar refractivity (Wildman–Crippen MR) is 119 cm³/mol. The van der Waals surface area contributed by atoms with Crippen molar-refractivity contribution in [3.05, 3.63) is 59.7 Å². The molecule has 30 heavy (non-hydrogen) atoms. The van der Waals surface area contributed by atoms with Crippen molar-refractivity contribution in [3.8, 4) is 0 Å². The van der Waals surface area contributed by atoms with Gasteiger partial charge in [0.2, 0.25) is 5.91 Å².